The Balaban J connectivity index is 2.25. The quantitative estimate of drug-likeness (QED) is 0.485. The number of hydrogen-bond acceptors (Lipinski definition) is 3. The summed E-state index contributed by atoms with van der Waals surface area (Å²) in [4.78, 5) is 14.7. The van der Waals surface area contributed by atoms with Crippen LogP contribution in [0, 0.1) is 3.70 Å². The fourth-order valence-electron chi connectivity index (χ4n) is 0.987. The van der Waals surface area contributed by atoms with Crippen LogP contribution in [0.2, 0.25) is 0 Å². The minimum absolute atomic E-state index is 0.306. The van der Waals surface area contributed by atoms with Crippen LogP contribution >= 0.6 is 22.6 Å². The number of aldehydes is 1. The van der Waals surface area contributed by atoms with E-state index in [-0.39, 0.29) is 0 Å². The minimum atomic E-state index is 0.306. The van der Waals surface area contributed by atoms with Gasteiger partial charge in [0, 0.05) is 0 Å². The molecule has 2 rings (SSSR count). The number of carbonyl (C=O) groups is 1. The zero-order chi connectivity index (χ0) is 9.26. The van der Waals surface area contributed by atoms with Crippen molar-refractivity contribution in [1.29, 1.82) is 0 Å². The summed E-state index contributed by atoms with van der Waals surface area (Å²) in [5.41, 5.74) is 0.402. The lowest BCUT2D eigenvalue weighted by molar-refractivity contribution is 0.111. The van der Waals surface area contributed by atoms with Crippen molar-refractivity contribution in [3.8, 4) is 5.75 Å². The summed E-state index contributed by atoms with van der Waals surface area (Å²) in [5, 5.41) is 0. The summed E-state index contributed by atoms with van der Waals surface area (Å²) in [6, 6.07) is 3.64. The lowest BCUT2D eigenvalue weighted by atomic mass is 10.3. The number of pyridine rings is 1. The molecule has 0 amide bonds. The predicted molar refractivity (Wildman–Crippen MR) is 56.0 cm³/mol. The van der Waals surface area contributed by atoms with Gasteiger partial charge < -0.3 is 4.74 Å². The van der Waals surface area contributed by atoms with E-state index in [1.54, 1.807) is 6.07 Å². The van der Waals surface area contributed by atoms with Crippen LogP contribution in [0.4, 0.5) is 0 Å². The molecule has 0 unspecified atom stereocenters. The lowest BCUT2D eigenvalue weighted by Gasteiger charge is -2.05. The standard InChI is InChI=1S/C9H8INO2/c10-9-4-3-8(7(5-12)11-9)13-6-1-2-6/h3-6H,1-2H2. The largest absolute Gasteiger partial charge is 0.488 e. The molecule has 4 heteroatoms. The molecule has 1 aromatic rings. The molecule has 1 aromatic heterocycles. The number of nitrogens with zero attached hydrogens (tertiary/aromatic N) is 1. The molecule has 3 nitrogen and oxygen atoms in total. The topological polar surface area (TPSA) is 39.2 Å². The molecule has 68 valence electrons. The highest BCUT2D eigenvalue weighted by molar-refractivity contribution is 14.1. The smallest absolute Gasteiger partial charge is 0.172 e. The van der Waals surface area contributed by atoms with Gasteiger partial charge in [-0.2, -0.15) is 0 Å². The van der Waals surface area contributed by atoms with Crippen LogP contribution in [-0.2, 0) is 0 Å². The van der Waals surface area contributed by atoms with Gasteiger partial charge in [0.1, 0.15) is 15.1 Å². The van der Waals surface area contributed by atoms with Crippen molar-refractivity contribution < 1.29 is 9.53 Å². The van der Waals surface area contributed by atoms with Crippen molar-refractivity contribution >= 4 is 28.9 Å². The molecule has 0 spiro atoms. The predicted octanol–water partition coefficient (Wildman–Crippen LogP) is 2.04. The SMILES string of the molecule is O=Cc1nc(I)ccc1OC1CC1. The van der Waals surface area contributed by atoms with Crippen LogP contribution in [0.25, 0.3) is 0 Å². The molecular weight excluding hydrogens is 281 g/mol. The molecule has 1 aliphatic carbocycles. The van der Waals surface area contributed by atoms with Crippen LogP contribution in [-0.4, -0.2) is 17.4 Å². The second kappa shape index (κ2) is 3.61. The molecule has 0 N–H and O–H groups in total. The van der Waals surface area contributed by atoms with Crippen molar-refractivity contribution in [2.45, 2.75) is 18.9 Å². The van der Waals surface area contributed by atoms with Crippen LogP contribution in [0.1, 0.15) is 23.3 Å². The Bertz CT molecular complexity index is 336. The van der Waals surface area contributed by atoms with Crippen LogP contribution in [0.5, 0.6) is 5.75 Å². The third-order valence-corrected chi connectivity index (χ3v) is 2.38. The fourth-order valence-corrected chi connectivity index (χ4v) is 1.43. The Labute approximate surface area is 89.6 Å². The Morgan fingerprint density at radius 3 is 2.92 bits per heavy atom. The van der Waals surface area contributed by atoms with Gasteiger partial charge in [0.15, 0.2) is 6.29 Å². The monoisotopic (exact) mass is 289 g/mol. The molecule has 1 saturated carbocycles. The van der Waals surface area contributed by atoms with E-state index in [0.29, 0.717) is 17.5 Å². The Hall–Kier alpha value is -0.650. The van der Waals surface area contributed by atoms with E-state index in [0.717, 1.165) is 22.8 Å². The van der Waals surface area contributed by atoms with Gasteiger partial charge in [-0.3, -0.25) is 4.79 Å². The number of ether oxygens (including phenoxy) is 1. The molecule has 1 heterocycles. The third kappa shape index (κ3) is 2.18. The molecule has 0 bridgehead atoms. The average Bonchev–Trinajstić information content (AvgIpc) is 2.92. The van der Waals surface area contributed by atoms with Gasteiger partial charge in [-0.15, -0.1) is 0 Å². The summed E-state index contributed by atoms with van der Waals surface area (Å²) in [7, 11) is 0. The molecule has 0 aromatic carbocycles. The summed E-state index contributed by atoms with van der Waals surface area (Å²) < 4.78 is 6.31. The highest BCUT2D eigenvalue weighted by Crippen LogP contribution is 2.28. The van der Waals surface area contributed by atoms with Gasteiger partial charge >= 0.3 is 0 Å². The first-order chi connectivity index (χ1) is 6.29. The van der Waals surface area contributed by atoms with Crippen LogP contribution in [0.3, 0.4) is 0 Å². The van der Waals surface area contributed by atoms with Gasteiger partial charge in [0.2, 0.25) is 0 Å². The molecule has 0 radical (unpaired) electrons. The van der Waals surface area contributed by atoms with Gasteiger partial charge in [-0.1, -0.05) is 0 Å². The van der Waals surface area contributed by atoms with E-state index in [4.69, 9.17) is 4.74 Å². The molecule has 0 atom stereocenters. The van der Waals surface area contributed by atoms with E-state index < -0.39 is 0 Å². The summed E-state index contributed by atoms with van der Waals surface area (Å²) in [5.74, 6) is 0.609. The van der Waals surface area contributed by atoms with Crippen molar-refractivity contribution in [1.82, 2.24) is 4.98 Å². The molecule has 0 aliphatic heterocycles. The summed E-state index contributed by atoms with van der Waals surface area (Å²) >= 11 is 2.07. The number of carbonyl (C=O) groups excluding carboxylic acids is 1. The Kier molecular flexibility index (Phi) is 2.48. The van der Waals surface area contributed by atoms with E-state index in [9.17, 15) is 4.79 Å². The van der Waals surface area contributed by atoms with Crippen molar-refractivity contribution in [2.24, 2.45) is 0 Å². The van der Waals surface area contributed by atoms with E-state index in [1.807, 2.05) is 6.07 Å². The van der Waals surface area contributed by atoms with Gasteiger partial charge in [0.25, 0.3) is 0 Å². The zero-order valence-electron chi connectivity index (χ0n) is 6.87. The third-order valence-electron chi connectivity index (χ3n) is 1.78. The van der Waals surface area contributed by atoms with Crippen molar-refractivity contribution in [2.75, 3.05) is 0 Å². The highest BCUT2D eigenvalue weighted by atomic mass is 127. The average molecular weight is 289 g/mol. The number of halogens is 1. The maximum atomic E-state index is 10.6. The fraction of sp³-hybridized carbons (Fsp3) is 0.333. The highest BCUT2D eigenvalue weighted by Gasteiger charge is 2.24. The normalized spacial score (nSPS) is 15.5. The van der Waals surface area contributed by atoms with Gasteiger partial charge in [-0.25, -0.2) is 4.98 Å². The van der Waals surface area contributed by atoms with Crippen LogP contribution < -0.4 is 4.74 Å². The van der Waals surface area contributed by atoms with Crippen LogP contribution in [0.15, 0.2) is 12.1 Å². The first-order valence-electron chi connectivity index (χ1n) is 4.08. The second-order valence-corrected chi connectivity index (χ2v) is 4.06. The molecule has 1 fully saturated rings. The Morgan fingerprint density at radius 1 is 1.54 bits per heavy atom. The first-order valence-corrected chi connectivity index (χ1v) is 5.16. The van der Waals surface area contributed by atoms with Gasteiger partial charge in [0.05, 0.1) is 6.10 Å². The van der Waals surface area contributed by atoms with Crippen molar-refractivity contribution in [3.63, 3.8) is 0 Å². The summed E-state index contributed by atoms with van der Waals surface area (Å²) in [6.07, 6.45) is 3.22. The van der Waals surface area contributed by atoms with Gasteiger partial charge in [-0.05, 0) is 47.6 Å². The number of rotatable bonds is 3. The van der Waals surface area contributed by atoms with E-state index in [1.165, 1.54) is 0 Å². The number of hydrogen-bond donors (Lipinski definition) is 0. The molecule has 0 saturated heterocycles. The number of aromatic nitrogens is 1. The lowest BCUT2D eigenvalue weighted by Crippen LogP contribution is -2.01. The van der Waals surface area contributed by atoms with E-state index >= 15 is 0 Å². The zero-order valence-corrected chi connectivity index (χ0v) is 9.02. The minimum Gasteiger partial charge on any atom is -0.488 e. The molecule has 1 aliphatic rings. The summed E-state index contributed by atoms with van der Waals surface area (Å²) in [6.45, 7) is 0. The molecule has 13 heavy (non-hydrogen) atoms. The maximum absolute atomic E-state index is 10.6. The van der Waals surface area contributed by atoms with Crippen molar-refractivity contribution in [3.05, 3.63) is 21.5 Å². The maximum Gasteiger partial charge on any atom is 0.172 e. The van der Waals surface area contributed by atoms with E-state index in [2.05, 4.69) is 27.6 Å². The second-order valence-electron chi connectivity index (χ2n) is 2.95. The first kappa shape index (κ1) is 8.93. The molecular formula is C9H8INO2. The Morgan fingerprint density at radius 2 is 2.31 bits per heavy atom.